The van der Waals surface area contributed by atoms with E-state index in [1.807, 2.05) is 11.4 Å². The van der Waals surface area contributed by atoms with Crippen LogP contribution in [0.5, 0.6) is 0 Å². The van der Waals surface area contributed by atoms with E-state index in [0.717, 1.165) is 11.1 Å². The highest BCUT2D eigenvalue weighted by atomic mass is 32.2. The lowest BCUT2D eigenvalue weighted by Crippen LogP contribution is -2.21. The topological polar surface area (TPSA) is 61.2 Å². The van der Waals surface area contributed by atoms with Crippen LogP contribution in [0.4, 0.5) is 0 Å². The summed E-state index contributed by atoms with van der Waals surface area (Å²) in [7, 11) is 1.71. The van der Waals surface area contributed by atoms with E-state index >= 15 is 0 Å². The van der Waals surface area contributed by atoms with Crippen LogP contribution >= 0.6 is 23.1 Å². The number of ether oxygens (including phenoxy) is 1. The minimum Gasteiger partial charge on any atom is -0.465 e. The fourth-order valence-electron chi connectivity index (χ4n) is 2.99. The molecular formula is C19H18N2O3S2. The van der Waals surface area contributed by atoms with Gasteiger partial charge in [-0.05, 0) is 30.5 Å². The van der Waals surface area contributed by atoms with Crippen molar-refractivity contribution in [3.05, 3.63) is 45.1 Å². The summed E-state index contributed by atoms with van der Waals surface area (Å²) in [4.78, 5) is 30.1. The van der Waals surface area contributed by atoms with Crippen LogP contribution in [0.1, 0.15) is 17.5 Å². The molecule has 5 nitrogen and oxygen atoms in total. The lowest BCUT2D eigenvalue weighted by atomic mass is 10.0. The second-order valence-electron chi connectivity index (χ2n) is 6.45. The average Bonchev–Trinajstić information content (AvgIpc) is 3.21. The van der Waals surface area contributed by atoms with Gasteiger partial charge in [0.2, 0.25) is 0 Å². The summed E-state index contributed by atoms with van der Waals surface area (Å²) in [5.74, 6) is -0.230. The SMILES string of the molecule is Cc1ccc(-c2csc3nc(S[C@H]4CCOC4=O)n(C)c(=O)c23)cc1C. The first-order chi connectivity index (χ1) is 12.5. The second kappa shape index (κ2) is 6.55. The Hall–Kier alpha value is -2.12. The van der Waals surface area contributed by atoms with Crippen molar-refractivity contribution in [2.24, 2.45) is 7.05 Å². The molecule has 0 spiro atoms. The molecule has 1 aromatic carbocycles. The highest BCUT2D eigenvalue weighted by Crippen LogP contribution is 2.34. The predicted molar refractivity (Wildman–Crippen MR) is 105 cm³/mol. The molecule has 0 radical (unpaired) electrons. The number of thioether (sulfide) groups is 1. The van der Waals surface area contributed by atoms with Gasteiger partial charge in [0, 0.05) is 24.4 Å². The summed E-state index contributed by atoms with van der Waals surface area (Å²) in [6, 6.07) is 6.22. The van der Waals surface area contributed by atoms with Gasteiger partial charge in [0.25, 0.3) is 5.56 Å². The summed E-state index contributed by atoms with van der Waals surface area (Å²) in [6.45, 7) is 4.57. The molecule has 0 bridgehead atoms. The number of rotatable bonds is 3. The molecule has 3 aromatic rings. The second-order valence-corrected chi connectivity index (χ2v) is 8.48. The smallest absolute Gasteiger partial charge is 0.319 e. The number of fused-ring (bicyclic) bond motifs is 1. The lowest BCUT2D eigenvalue weighted by Gasteiger charge is -2.10. The number of aromatic nitrogens is 2. The van der Waals surface area contributed by atoms with Crippen molar-refractivity contribution in [3.63, 3.8) is 0 Å². The van der Waals surface area contributed by atoms with Gasteiger partial charge in [0.15, 0.2) is 5.16 Å². The molecule has 0 amide bonds. The van der Waals surface area contributed by atoms with Crippen LogP contribution in [0.15, 0.2) is 33.5 Å². The molecule has 1 atom stereocenters. The number of benzene rings is 1. The van der Waals surface area contributed by atoms with E-state index in [2.05, 4.69) is 31.0 Å². The zero-order valence-corrected chi connectivity index (χ0v) is 16.4. The standard InChI is InChI=1S/C19H18N2O3S2/c1-10-4-5-12(8-11(10)2)13-9-25-16-15(13)17(22)21(3)19(20-16)26-14-6-7-24-18(14)23/h4-5,8-9,14H,6-7H2,1-3H3/t14-/m0/s1. The fraction of sp³-hybridized carbons (Fsp3) is 0.316. The molecule has 134 valence electrons. The zero-order valence-electron chi connectivity index (χ0n) is 14.7. The molecular weight excluding hydrogens is 368 g/mol. The summed E-state index contributed by atoms with van der Waals surface area (Å²) in [6.07, 6.45) is 0.649. The molecule has 0 saturated carbocycles. The van der Waals surface area contributed by atoms with Gasteiger partial charge >= 0.3 is 5.97 Å². The Morgan fingerprint density at radius 1 is 1.27 bits per heavy atom. The lowest BCUT2D eigenvalue weighted by molar-refractivity contribution is -0.137. The Bertz CT molecular complexity index is 1080. The largest absolute Gasteiger partial charge is 0.465 e. The van der Waals surface area contributed by atoms with Crippen molar-refractivity contribution in [2.45, 2.75) is 30.7 Å². The number of aryl methyl sites for hydroxylation is 2. The number of hydrogen-bond acceptors (Lipinski definition) is 6. The first-order valence-electron chi connectivity index (χ1n) is 8.35. The molecule has 1 saturated heterocycles. The van der Waals surface area contributed by atoms with Crippen LogP contribution < -0.4 is 5.56 Å². The molecule has 1 fully saturated rings. The molecule has 3 heterocycles. The van der Waals surface area contributed by atoms with Gasteiger partial charge < -0.3 is 4.74 Å². The van der Waals surface area contributed by atoms with Gasteiger partial charge in [-0.3, -0.25) is 14.2 Å². The number of nitrogens with zero attached hydrogens (tertiary/aromatic N) is 2. The monoisotopic (exact) mass is 386 g/mol. The van der Waals surface area contributed by atoms with E-state index < -0.39 is 0 Å². The van der Waals surface area contributed by atoms with Crippen LogP contribution in [0.2, 0.25) is 0 Å². The summed E-state index contributed by atoms with van der Waals surface area (Å²) in [5.41, 5.74) is 4.27. The molecule has 0 N–H and O–H groups in total. The Kier molecular flexibility index (Phi) is 4.36. The van der Waals surface area contributed by atoms with Crippen molar-refractivity contribution in [3.8, 4) is 11.1 Å². The number of thiophene rings is 1. The van der Waals surface area contributed by atoms with E-state index in [-0.39, 0.29) is 16.8 Å². The van der Waals surface area contributed by atoms with Gasteiger partial charge in [0.05, 0.1) is 12.0 Å². The Morgan fingerprint density at radius 2 is 2.08 bits per heavy atom. The highest BCUT2D eigenvalue weighted by molar-refractivity contribution is 8.00. The third-order valence-electron chi connectivity index (χ3n) is 4.73. The third-order valence-corrected chi connectivity index (χ3v) is 6.89. The van der Waals surface area contributed by atoms with Crippen LogP contribution in [0, 0.1) is 13.8 Å². The van der Waals surface area contributed by atoms with E-state index in [0.29, 0.717) is 28.4 Å². The van der Waals surface area contributed by atoms with Crippen molar-refractivity contribution in [1.82, 2.24) is 9.55 Å². The quantitative estimate of drug-likeness (QED) is 0.507. The molecule has 26 heavy (non-hydrogen) atoms. The van der Waals surface area contributed by atoms with E-state index in [9.17, 15) is 9.59 Å². The number of cyclic esters (lactones) is 1. The summed E-state index contributed by atoms with van der Waals surface area (Å²) >= 11 is 2.77. The van der Waals surface area contributed by atoms with Gasteiger partial charge in [-0.1, -0.05) is 30.0 Å². The van der Waals surface area contributed by atoms with Crippen LogP contribution in [0.3, 0.4) is 0 Å². The van der Waals surface area contributed by atoms with Gasteiger partial charge in [0.1, 0.15) is 10.1 Å². The highest BCUT2D eigenvalue weighted by Gasteiger charge is 2.29. The van der Waals surface area contributed by atoms with Crippen LogP contribution in [-0.4, -0.2) is 27.4 Å². The van der Waals surface area contributed by atoms with Gasteiger partial charge in [-0.25, -0.2) is 4.98 Å². The maximum Gasteiger partial charge on any atom is 0.319 e. The maximum absolute atomic E-state index is 13.0. The predicted octanol–water partition coefficient (Wildman–Crippen LogP) is 3.69. The van der Waals surface area contributed by atoms with Crippen molar-refractivity contribution in [2.75, 3.05) is 6.61 Å². The minimum absolute atomic E-state index is 0.0849. The Morgan fingerprint density at radius 3 is 2.77 bits per heavy atom. The first kappa shape index (κ1) is 17.3. The molecule has 0 aliphatic carbocycles. The summed E-state index contributed by atoms with van der Waals surface area (Å²) in [5, 5.41) is 2.89. The number of carbonyl (C=O) groups excluding carboxylic acids is 1. The molecule has 1 aliphatic heterocycles. The maximum atomic E-state index is 13.0. The zero-order chi connectivity index (χ0) is 18.4. The fourth-order valence-corrected chi connectivity index (χ4v) is 5.00. The molecule has 1 aliphatic rings. The van der Waals surface area contributed by atoms with Crippen LogP contribution in [-0.2, 0) is 16.6 Å². The molecule has 7 heteroatoms. The van der Waals surface area contributed by atoms with E-state index in [1.165, 1.54) is 38.8 Å². The molecule has 0 unspecified atom stereocenters. The summed E-state index contributed by atoms with van der Waals surface area (Å²) < 4.78 is 6.54. The van der Waals surface area contributed by atoms with Gasteiger partial charge in [-0.2, -0.15) is 0 Å². The van der Waals surface area contributed by atoms with Crippen molar-refractivity contribution in [1.29, 1.82) is 0 Å². The molecule has 2 aromatic heterocycles. The van der Waals surface area contributed by atoms with Crippen molar-refractivity contribution >= 4 is 39.3 Å². The number of esters is 1. The number of hydrogen-bond donors (Lipinski definition) is 0. The van der Waals surface area contributed by atoms with Crippen molar-refractivity contribution < 1.29 is 9.53 Å². The normalized spacial score (nSPS) is 17.0. The van der Waals surface area contributed by atoms with E-state index in [4.69, 9.17) is 4.74 Å². The average molecular weight is 386 g/mol. The number of carbonyl (C=O) groups is 1. The molecule has 4 rings (SSSR count). The van der Waals surface area contributed by atoms with E-state index in [1.54, 1.807) is 7.05 Å². The minimum atomic E-state index is -0.287. The Balaban J connectivity index is 1.81. The Labute approximate surface area is 159 Å². The first-order valence-corrected chi connectivity index (χ1v) is 10.1. The van der Waals surface area contributed by atoms with Crippen LogP contribution in [0.25, 0.3) is 21.3 Å². The third kappa shape index (κ3) is 2.85. The van der Waals surface area contributed by atoms with Gasteiger partial charge in [-0.15, -0.1) is 11.3 Å².